The smallest absolute Gasteiger partial charge is 0.368 e. The molecule has 0 aromatic heterocycles. The number of alkyl halides is 3. The van der Waals surface area contributed by atoms with E-state index in [1.54, 1.807) is 6.07 Å². The predicted octanol–water partition coefficient (Wildman–Crippen LogP) is 5.00. The van der Waals surface area contributed by atoms with Crippen molar-refractivity contribution in [2.45, 2.75) is 31.9 Å². The summed E-state index contributed by atoms with van der Waals surface area (Å²) in [5, 5.41) is 0. The average molecular weight is 374 g/mol. The normalized spacial score (nSPS) is 18.4. The van der Waals surface area contributed by atoms with Crippen LogP contribution in [0.4, 0.5) is 18.9 Å². The Bertz CT molecular complexity index is 821. The lowest BCUT2D eigenvalue weighted by Crippen LogP contribution is -2.44. The third-order valence-corrected chi connectivity index (χ3v) is 5.86. The van der Waals surface area contributed by atoms with Gasteiger partial charge in [0, 0.05) is 37.4 Å². The van der Waals surface area contributed by atoms with E-state index in [0.29, 0.717) is 0 Å². The average Bonchev–Trinajstić information content (AvgIpc) is 2.67. The second-order valence-corrected chi connectivity index (χ2v) is 7.67. The maximum absolute atomic E-state index is 13.4. The van der Waals surface area contributed by atoms with Gasteiger partial charge in [0.15, 0.2) is 0 Å². The molecule has 0 unspecified atom stereocenters. The number of anilines is 1. The highest BCUT2D eigenvalue weighted by atomic mass is 19.4. The van der Waals surface area contributed by atoms with Gasteiger partial charge >= 0.3 is 6.18 Å². The fraction of sp³-hybridized carbons (Fsp3) is 0.455. The van der Waals surface area contributed by atoms with Crippen LogP contribution >= 0.6 is 0 Å². The van der Waals surface area contributed by atoms with Crippen LogP contribution in [0.25, 0.3) is 11.1 Å². The molecule has 1 heterocycles. The number of aryl methyl sites for hydroxylation is 1. The summed E-state index contributed by atoms with van der Waals surface area (Å²) in [6.07, 6.45) is 0.0849. The molecule has 0 spiro atoms. The Labute approximate surface area is 158 Å². The Morgan fingerprint density at radius 3 is 2.33 bits per heavy atom. The number of hydrogen-bond donors (Lipinski definition) is 0. The summed E-state index contributed by atoms with van der Waals surface area (Å²) in [4.78, 5) is 4.33. The monoisotopic (exact) mass is 374 g/mol. The Hall–Kier alpha value is -2.01. The van der Waals surface area contributed by atoms with Gasteiger partial charge in [-0.25, -0.2) is 0 Å². The number of fused-ring (bicyclic) bond motifs is 1. The van der Waals surface area contributed by atoms with Crippen molar-refractivity contribution in [3.63, 3.8) is 0 Å². The number of piperazine rings is 1. The minimum Gasteiger partial charge on any atom is -0.368 e. The van der Waals surface area contributed by atoms with E-state index in [9.17, 15) is 13.2 Å². The number of halogens is 3. The zero-order valence-electron chi connectivity index (χ0n) is 15.6. The molecule has 0 bridgehead atoms. The molecule has 2 aliphatic rings. The molecular formula is C22H25F3N2. The van der Waals surface area contributed by atoms with E-state index in [0.717, 1.165) is 62.3 Å². The van der Waals surface area contributed by atoms with Crippen molar-refractivity contribution >= 4 is 5.69 Å². The van der Waals surface area contributed by atoms with Crippen molar-refractivity contribution < 1.29 is 13.2 Å². The molecule has 144 valence electrons. The number of likely N-dealkylation sites (N-methyl/N-ethyl adjacent to an activating group) is 1. The van der Waals surface area contributed by atoms with Gasteiger partial charge in [0.05, 0.1) is 5.56 Å². The van der Waals surface area contributed by atoms with Gasteiger partial charge in [0.1, 0.15) is 0 Å². The lowest BCUT2D eigenvalue weighted by molar-refractivity contribution is -0.137. The quantitative estimate of drug-likeness (QED) is 0.730. The molecule has 2 aromatic rings. The van der Waals surface area contributed by atoms with Crippen molar-refractivity contribution in [2.75, 3.05) is 38.1 Å². The molecule has 0 atom stereocenters. The molecule has 0 N–H and O–H groups in total. The highest BCUT2D eigenvalue weighted by Crippen LogP contribution is 2.40. The lowest BCUT2D eigenvalue weighted by atomic mass is 9.85. The molecule has 1 fully saturated rings. The Morgan fingerprint density at radius 2 is 1.59 bits per heavy atom. The minimum absolute atomic E-state index is 0.565. The predicted molar refractivity (Wildman–Crippen MR) is 103 cm³/mol. The molecule has 0 saturated carbocycles. The maximum atomic E-state index is 13.4. The van der Waals surface area contributed by atoms with Crippen LogP contribution in [0.2, 0.25) is 0 Å². The topological polar surface area (TPSA) is 6.48 Å². The lowest BCUT2D eigenvalue weighted by Gasteiger charge is -2.36. The summed E-state index contributed by atoms with van der Waals surface area (Å²) in [6.45, 7) is 3.23. The van der Waals surface area contributed by atoms with Crippen LogP contribution < -0.4 is 4.90 Å². The van der Waals surface area contributed by atoms with Gasteiger partial charge < -0.3 is 9.80 Å². The number of benzene rings is 2. The molecule has 1 saturated heterocycles. The molecular weight excluding hydrogens is 349 g/mol. The highest BCUT2D eigenvalue weighted by Gasteiger charge is 2.32. The van der Waals surface area contributed by atoms with Gasteiger partial charge in [-0.3, -0.25) is 0 Å². The van der Waals surface area contributed by atoms with E-state index >= 15 is 0 Å². The van der Waals surface area contributed by atoms with Crippen molar-refractivity contribution in [2.24, 2.45) is 0 Å². The number of hydrogen-bond acceptors (Lipinski definition) is 2. The number of nitrogens with zero attached hydrogens (tertiary/aromatic N) is 2. The van der Waals surface area contributed by atoms with E-state index in [4.69, 9.17) is 0 Å². The first-order valence-electron chi connectivity index (χ1n) is 9.69. The summed E-state index contributed by atoms with van der Waals surface area (Å²) in [7, 11) is 2.05. The van der Waals surface area contributed by atoms with E-state index in [-0.39, 0.29) is 0 Å². The fourth-order valence-electron chi connectivity index (χ4n) is 4.28. The highest BCUT2D eigenvalue weighted by molar-refractivity contribution is 5.82. The van der Waals surface area contributed by atoms with Gasteiger partial charge in [0.25, 0.3) is 0 Å². The van der Waals surface area contributed by atoms with Gasteiger partial charge in [-0.2, -0.15) is 13.2 Å². The van der Waals surface area contributed by atoms with Crippen molar-refractivity contribution in [1.29, 1.82) is 0 Å². The van der Waals surface area contributed by atoms with Crippen molar-refractivity contribution in [3.05, 3.63) is 53.1 Å². The molecule has 2 aromatic carbocycles. The number of rotatable bonds is 2. The van der Waals surface area contributed by atoms with Gasteiger partial charge in [0.2, 0.25) is 0 Å². The Kier molecular flexibility index (Phi) is 4.89. The second kappa shape index (κ2) is 7.19. The third kappa shape index (κ3) is 3.70. The van der Waals surface area contributed by atoms with E-state index in [2.05, 4.69) is 29.0 Å². The first-order valence-corrected chi connectivity index (χ1v) is 9.69. The summed E-state index contributed by atoms with van der Waals surface area (Å²) >= 11 is 0. The van der Waals surface area contributed by atoms with Crippen LogP contribution in [0, 0.1) is 0 Å². The maximum Gasteiger partial charge on any atom is 0.416 e. The molecule has 1 aliphatic carbocycles. The van der Waals surface area contributed by atoms with Crippen LogP contribution in [0.5, 0.6) is 0 Å². The molecule has 0 radical (unpaired) electrons. The molecule has 4 rings (SSSR count). The van der Waals surface area contributed by atoms with Crippen molar-refractivity contribution in [3.8, 4) is 11.1 Å². The molecule has 0 amide bonds. The van der Waals surface area contributed by atoms with Crippen molar-refractivity contribution in [1.82, 2.24) is 4.90 Å². The fourth-order valence-corrected chi connectivity index (χ4v) is 4.28. The third-order valence-electron chi connectivity index (χ3n) is 5.86. The largest absolute Gasteiger partial charge is 0.416 e. The minimum atomic E-state index is -4.32. The van der Waals surface area contributed by atoms with Gasteiger partial charge in [-0.1, -0.05) is 24.3 Å². The molecule has 2 nitrogen and oxygen atoms in total. The zero-order chi connectivity index (χ0) is 19.0. The summed E-state index contributed by atoms with van der Waals surface area (Å²) < 4.78 is 40.1. The van der Waals surface area contributed by atoms with Gasteiger partial charge in [-0.05, 0) is 61.6 Å². The summed E-state index contributed by atoms with van der Waals surface area (Å²) in [5.41, 5.74) is 4.87. The Morgan fingerprint density at radius 1 is 0.852 bits per heavy atom. The first-order chi connectivity index (χ1) is 12.9. The zero-order valence-corrected chi connectivity index (χ0v) is 15.6. The van der Waals surface area contributed by atoms with Crippen LogP contribution in [0.15, 0.2) is 36.4 Å². The SMILES string of the molecule is CN1CCN(c2cc(C(F)(F)F)ccc2-c2cccc3c2CCCC3)CC1. The summed E-state index contributed by atoms with van der Waals surface area (Å²) in [6, 6.07) is 10.6. The Balaban J connectivity index is 1.83. The van der Waals surface area contributed by atoms with E-state index in [1.807, 2.05) is 6.07 Å². The second-order valence-electron chi connectivity index (χ2n) is 7.67. The van der Waals surface area contributed by atoms with Crippen LogP contribution in [0.3, 0.4) is 0 Å². The molecule has 1 aliphatic heterocycles. The molecule has 5 heteroatoms. The summed E-state index contributed by atoms with van der Waals surface area (Å²) in [5.74, 6) is 0. The van der Waals surface area contributed by atoms with Crippen LogP contribution in [-0.4, -0.2) is 38.1 Å². The van der Waals surface area contributed by atoms with Crippen LogP contribution in [0.1, 0.15) is 29.5 Å². The molecule has 27 heavy (non-hydrogen) atoms. The van der Waals surface area contributed by atoms with Gasteiger partial charge in [-0.15, -0.1) is 0 Å². The standard InChI is InChI=1S/C22H25F3N2/c1-26-11-13-27(14-12-26)21-15-17(22(23,24)25)9-10-20(21)19-8-4-6-16-5-2-3-7-18(16)19/h4,6,8-10,15H,2-3,5,7,11-14H2,1H3. The van der Waals surface area contributed by atoms with E-state index in [1.165, 1.54) is 29.7 Å². The van der Waals surface area contributed by atoms with E-state index < -0.39 is 11.7 Å². The van der Waals surface area contributed by atoms with Crippen LogP contribution in [-0.2, 0) is 19.0 Å². The first kappa shape index (κ1) is 18.4.